The largest absolute Gasteiger partial charge is 0.481 e. The molecule has 1 aromatic rings. The van der Waals surface area contributed by atoms with Crippen LogP contribution in [0, 0.1) is 0 Å². The van der Waals surface area contributed by atoms with Crippen LogP contribution in [0.4, 0.5) is 0 Å². The van der Waals surface area contributed by atoms with E-state index in [9.17, 15) is 4.79 Å². The molecule has 0 saturated carbocycles. The van der Waals surface area contributed by atoms with Gasteiger partial charge in [-0.25, -0.2) is 0 Å². The van der Waals surface area contributed by atoms with Gasteiger partial charge in [0.1, 0.15) is 0 Å². The molecule has 0 saturated heterocycles. The van der Waals surface area contributed by atoms with Crippen LogP contribution >= 0.6 is 0 Å². The van der Waals surface area contributed by atoms with Gasteiger partial charge in [-0.3, -0.25) is 4.79 Å². The quantitative estimate of drug-likeness (QED) is 0.843. The highest BCUT2D eigenvalue weighted by Crippen LogP contribution is 2.24. The number of rotatable bonds is 5. The molecule has 100 valence electrons. The standard InChI is InChI=1S/C15H23NO2/c1-5-16-13(10-14(17)18)11-6-8-12(9-7-11)15(2,3)4/h6-9,13,16H,5,10H2,1-4H3,(H,17,18). The normalized spacial score (nSPS) is 13.3. The first-order valence-corrected chi connectivity index (χ1v) is 6.40. The molecule has 1 unspecified atom stereocenters. The van der Waals surface area contributed by atoms with E-state index in [1.807, 2.05) is 19.1 Å². The zero-order valence-corrected chi connectivity index (χ0v) is 11.7. The van der Waals surface area contributed by atoms with Crippen LogP contribution in [0.5, 0.6) is 0 Å². The average Bonchev–Trinajstić information content (AvgIpc) is 2.27. The fraction of sp³-hybridized carbons (Fsp3) is 0.533. The van der Waals surface area contributed by atoms with Gasteiger partial charge in [-0.1, -0.05) is 52.0 Å². The van der Waals surface area contributed by atoms with Crippen molar-refractivity contribution in [2.24, 2.45) is 0 Å². The Balaban J connectivity index is 2.90. The third-order valence-electron chi connectivity index (χ3n) is 3.01. The van der Waals surface area contributed by atoms with E-state index in [1.54, 1.807) is 0 Å². The molecule has 0 aliphatic carbocycles. The summed E-state index contributed by atoms with van der Waals surface area (Å²) in [4.78, 5) is 10.8. The minimum absolute atomic E-state index is 0.110. The number of carboxylic acid groups (broad SMARTS) is 1. The van der Waals surface area contributed by atoms with Gasteiger partial charge in [0, 0.05) is 6.04 Å². The van der Waals surface area contributed by atoms with Gasteiger partial charge in [0.05, 0.1) is 6.42 Å². The zero-order valence-electron chi connectivity index (χ0n) is 11.7. The third kappa shape index (κ3) is 4.15. The fourth-order valence-corrected chi connectivity index (χ4v) is 1.94. The Morgan fingerprint density at radius 1 is 1.28 bits per heavy atom. The highest BCUT2D eigenvalue weighted by Gasteiger charge is 2.17. The summed E-state index contributed by atoms with van der Waals surface area (Å²) in [5, 5.41) is 12.1. The number of hydrogen-bond acceptors (Lipinski definition) is 2. The Hall–Kier alpha value is -1.35. The Labute approximate surface area is 109 Å². The first-order chi connectivity index (χ1) is 8.34. The van der Waals surface area contributed by atoms with Crippen molar-refractivity contribution < 1.29 is 9.90 Å². The second-order valence-electron chi connectivity index (χ2n) is 5.58. The van der Waals surface area contributed by atoms with Crippen LogP contribution in [0.3, 0.4) is 0 Å². The van der Waals surface area contributed by atoms with E-state index in [2.05, 4.69) is 38.2 Å². The van der Waals surface area contributed by atoms with Crippen LogP contribution in [0.15, 0.2) is 24.3 Å². The molecule has 1 aromatic carbocycles. The Morgan fingerprint density at radius 3 is 2.22 bits per heavy atom. The van der Waals surface area contributed by atoms with Crippen molar-refractivity contribution in [2.75, 3.05) is 6.54 Å². The Bertz CT molecular complexity index is 390. The van der Waals surface area contributed by atoms with Crippen molar-refractivity contribution in [3.63, 3.8) is 0 Å². The maximum absolute atomic E-state index is 10.8. The molecule has 0 fully saturated rings. The second-order valence-corrected chi connectivity index (χ2v) is 5.58. The summed E-state index contributed by atoms with van der Waals surface area (Å²) in [5.74, 6) is -0.777. The number of hydrogen-bond donors (Lipinski definition) is 2. The van der Waals surface area contributed by atoms with E-state index in [-0.39, 0.29) is 17.9 Å². The lowest BCUT2D eigenvalue weighted by molar-refractivity contribution is -0.137. The molecular formula is C15H23NO2. The van der Waals surface area contributed by atoms with Crippen molar-refractivity contribution in [1.82, 2.24) is 5.32 Å². The summed E-state index contributed by atoms with van der Waals surface area (Å²) in [6, 6.07) is 8.11. The SMILES string of the molecule is CCNC(CC(=O)O)c1ccc(C(C)(C)C)cc1. The molecule has 0 spiro atoms. The molecule has 1 atom stereocenters. The molecule has 0 heterocycles. The van der Waals surface area contributed by atoms with Gasteiger partial charge in [-0.05, 0) is 23.1 Å². The van der Waals surface area contributed by atoms with Crippen molar-refractivity contribution in [2.45, 2.75) is 45.6 Å². The molecule has 0 bridgehead atoms. The molecule has 1 rings (SSSR count). The lowest BCUT2D eigenvalue weighted by Gasteiger charge is -2.21. The predicted molar refractivity (Wildman–Crippen MR) is 73.8 cm³/mol. The van der Waals surface area contributed by atoms with E-state index in [1.165, 1.54) is 5.56 Å². The van der Waals surface area contributed by atoms with E-state index >= 15 is 0 Å². The van der Waals surface area contributed by atoms with E-state index in [4.69, 9.17) is 5.11 Å². The number of aliphatic carboxylic acids is 1. The zero-order chi connectivity index (χ0) is 13.8. The molecule has 0 amide bonds. The van der Waals surface area contributed by atoms with Crippen LogP contribution in [0.25, 0.3) is 0 Å². The van der Waals surface area contributed by atoms with Crippen LogP contribution < -0.4 is 5.32 Å². The molecule has 3 heteroatoms. The molecule has 18 heavy (non-hydrogen) atoms. The summed E-state index contributed by atoms with van der Waals surface area (Å²) in [6.07, 6.45) is 0.114. The van der Waals surface area contributed by atoms with Gasteiger partial charge in [-0.2, -0.15) is 0 Å². The summed E-state index contributed by atoms with van der Waals surface area (Å²) in [5.41, 5.74) is 2.42. The van der Waals surface area contributed by atoms with Crippen LogP contribution in [0.2, 0.25) is 0 Å². The third-order valence-corrected chi connectivity index (χ3v) is 3.01. The van der Waals surface area contributed by atoms with Gasteiger partial charge in [0.15, 0.2) is 0 Å². The highest BCUT2D eigenvalue weighted by atomic mass is 16.4. The Kier molecular flexibility index (Phi) is 4.91. The summed E-state index contributed by atoms with van der Waals surface area (Å²) < 4.78 is 0. The predicted octanol–water partition coefficient (Wildman–Crippen LogP) is 3.11. The summed E-state index contributed by atoms with van der Waals surface area (Å²) in [6.45, 7) is 9.25. The lowest BCUT2D eigenvalue weighted by atomic mass is 9.86. The van der Waals surface area contributed by atoms with E-state index in [0.29, 0.717) is 0 Å². The molecule has 0 radical (unpaired) electrons. The smallest absolute Gasteiger partial charge is 0.305 e. The first kappa shape index (κ1) is 14.7. The van der Waals surface area contributed by atoms with Crippen LogP contribution in [0.1, 0.15) is 51.3 Å². The molecule has 0 aliphatic rings. The van der Waals surface area contributed by atoms with Crippen molar-refractivity contribution in [1.29, 1.82) is 0 Å². The van der Waals surface area contributed by atoms with E-state index in [0.717, 1.165) is 12.1 Å². The van der Waals surface area contributed by atoms with Gasteiger partial charge in [-0.15, -0.1) is 0 Å². The highest BCUT2D eigenvalue weighted by molar-refractivity contribution is 5.68. The first-order valence-electron chi connectivity index (χ1n) is 6.40. The van der Waals surface area contributed by atoms with E-state index < -0.39 is 5.97 Å². The van der Waals surface area contributed by atoms with Gasteiger partial charge >= 0.3 is 5.97 Å². The summed E-state index contributed by atoms with van der Waals surface area (Å²) in [7, 11) is 0. The minimum Gasteiger partial charge on any atom is -0.481 e. The molecule has 3 nitrogen and oxygen atoms in total. The fourth-order valence-electron chi connectivity index (χ4n) is 1.94. The lowest BCUT2D eigenvalue weighted by Crippen LogP contribution is -2.23. The topological polar surface area (TPSA) is 49.3 Å². The molecule has 0 aromatic heterocycles. The minimum atomic E-state index is -0.777. The summed E-state index contributed by atoms with van der Waals surface area (Å²) >= 11 is 0. The van der Waals surface area contributed by atoms with Crippen LogP contribution in [-0.4, -0.2) is 17.6 Å². The second kappa shape index (κ2) is 6.01. The molecule has 0 aliphatic heterocycles. The average molecular weight is 249 g/mol. The monoisotopic (exact) mass is 249 g/mol. The maximum Gasteiger partial charge on any atom is 0.305 e. The number of benzene rings is 1. The maximum atomic E-state index is 10.8. The van der Waals surface area contributed by atoms with Crippen LogP contribution in [-0.2, 0) is 10.2 Å². The van der Waals surface area contributed by atoms with Crippen molar-refractivity contribution in [3.05, 3.63) is 35.4 Å². The number of carboxylic acids is 1. The van der Waals surface area contributed by atoms with Gasteiger partial charge in [0.2, 0.25) is 0 Å². The Morgan fingerprint density at radius 2 is 1.83 bits per heavy atom. The van der Waals surface area contributed by atoms with Gasteiger partial charge < -0.3 is 10.4 Å². The molecular weight excluding hydrogens is 226 g/mol. The van der Waals surface area contributed by atoms with Crippen molar-refractivity contribution in [3.8, 4) is 0 Å². The number of nitrogens with one attached hydrogen (secondary N) is 1. The number of carbonyl (C=O) groups is 1. The van der Waals surface area contributed by atoms with Crippen molar-refractivity contribution >= 4 is 5.97 Å². The van der Waals surface area contributed by atoms with Gasteiger partial charge in [0.25, 0.3) is 0 Å². The molecule has 2 N–H and O–H groups in total.